The molecule has 7 nitrogen and oxygen atoms in total. The van der Waals surface area contributed by atoms with E-state index in [1.807, 2.05) is 6.26 Å². The van der Waals surface area contributed by atoms with Crippen LogP contribution in [0.3, 0.4) is 0 Å². The summed E-state index contributed by atoms with van der Waals surface area (Å²) < 4.78 is 32.5. The van der Waals surface area contributed by atoms with Crippen molar-refractivity contribution in [1.82, 2.24) is 4.72 Å². The predicted molar refractivity (Wildman–Crippen MR) is 115 cm³/mol. The molecular weight excluding hydrogens is 436 g/mol. The van der Waals surface area contributed by atoms with E-state index in [2.05, 4.69) is 10.0 Å². The third-order valence-electron chi connectivity index (χ3n) is 3.72. The lowest BCUT2D eigenvalue weighted by Gasteiger charge is -2.17. The van der Waals surface area contributed by atoms with Gasteiger partial charge in [0.2, 0.25) is 10.0 Å². The van der Waals surface area contributed by atoms with E-state index in [9.17, 15) is 18.0 Å². The number of nitrogens with one attached hydrogen (secondary N) is 2. The number of para-hydroxylation sites is 1. The second-order valence-corrected chi connectivity index (χ2v) is 9.07. The number of benzene rings is 2. The van der Waals surface area contributed by atoms with E-state index in [1.165, 1.54) is 36.0 Å². The number of hydrogen-bond acceptors (Lipinski definition) is 6. The molecule has 2 rings (SSSR count). The van der Waals surface area contributed by atoms with Crippen LogP contribution in [0.1, 0.15) is 6.42 Å². The Morgan fingerprint density at radius 3 is 2.38 bits per heavy atom. The topological polar surface area (TPSA) is 102 Å². The SMILES string of the molecule is CSCC[C@@H](NS(=O)(=O)c1ccc(Cl)cc1)C(=O)OCC(=O)Nc1ccccc1. The van der Waals surface area contributed by atoms with Crippen LogP contribution in [0.5, 0.6) is 0 Å². The van der Waals surface area contributed by atoms with Gasteiger partial charge in [-0.2, -0.15) is 16.5 Å². The highest BCUT2D eigenvalue weighted by Gasteiger charge is 2.27. The van der Waals surface area contributed by atoms with Crippen molar-refractivity contribution < 1.29 is 22.7 Å². The first-order chi connectivity index (χ1) is 13.8. The molecule has 0 aliphatic heterocycles. The number of sulfonamides is 1. The molecule has 0 spiro atoms. The molecule has 0 bridgehead atoms. The van der Waals surface area contributed by atoms with Crippen molar-refractivity contribution in [2.75, 3.05) is 23.9 Å². The van der Waals surface area contributed by atoms with Gasteiger partial charge in [-0.05, 0) is 54.8 Å². The lowest BCUT2D eigenvalue weighted by atomic mass is 10.2. The van der Waals surface area contributed by atoms with Crippen LogP contribution in [0.4, 0.5) is 5.69 Å². The molecule has 2 aromatic carbocycles. The number of carbonyl (C=O) groups is 2. The molecule has 29 heavy (non-hydrogen) atoms. The Labute approximate surface area is 179 Å². The predicted octanol–water partition coefficient (Wildman–Crippen LogP) is 2.92. The second kappa shape index (κ2) is 11.2. The Morgan fingerprint density at radius 2 is 1.76 bits per heavy atom. The molecule has 0 radical (unpaired) electrons. The molecule has 156 valence electrons. The highest BCUT2D eigenvalue weighted by atomic mass is 35.5. The molecule has 0 fully saturated rings. The van der Waals surface area contributed by atoms with E-state index in [0.717, 1.165) is 0 Å². The highest BCUT2D eigenvalue weighted by molar-refractivity contribution is 7.98. The largest absolute Gasteiger partial charge is 0.454 e. The van der Waals surface area contributed by atoms with Gasteiger partial charge in [-0.3, -0.25) is 9.59 Å². The summed E-state index contributed by atoms with van der Waals surface area (Å²) in [6.07, 6.45) is 2.05. The summed E-state index contributed by atoms with van der Waals surface area (Å²) in [5.74, 6) is -0.812. The lowest BCUT2D eigenvalue weighted by Crippen LogP contribution is -2.43. The van der Waals surface area contributed by atoms with Crippen LogP contribution in [0.25, 0.3) is 0 Å². The normalized spacial score (nSPS) is 12.2. The molecule has 0 saturated heterocycles. The number of carbonyl (C=O) groups excluding carboxylic acids is 2. The van der Waals surface area contributed by atoms with Crippen molar-refractivity contribution >= 4 is 50.9 Å². The summed E-state index contributed by atoms with van der Waals surface area (Å²) in [4.78, 5) is 24.3. The summed E-state index contributed by atoms with van der Waals surface area (Å²) in [5, 5.41) is 2.98. The van der Waals surface area contributed by atoms with Crippen LogP contribution in [-0.2, 0) is 24.3 Å². The van der Waals surface area contributed by atoms with Crippen molar-refractivity contribution in [3.63, 3.8) is 0 Å². The van der Waals surface area contributed by atoms with Crippen LogP contribution >= 0.6 is 23.4 Å². The minimum atomic E-state index is -3.96. The van der Waals surface area contributed by atoms with E-state index in [1.54, 1.807) is 30.3 Å². The van der Waals surface area contributed by atoms with Gasteiger partial charge in [0.15, 0.2) is 6.61 Å². The van der Waals surface area contributed by atoms with Gasteiger partial charge in [-0.1, -0.05) is 29.8 Å². The average Bonchev–Trinajstić information content (AvgIpc) is 2.70. The van der Waals surface area contributed by atoms with Crippen molar-refractivity contribution in [2.24, 2.45) is 0 Å². The minimum absolute atomic E-state index is 0.0225. The lowest BCUT2D eigenvalue weighted by molar-refractivity contribution is -0.149. The van der Waals surface area contributed by atoms with Gasteiger partial charge in [-0.15, -0.1) is 0 Å². The van der Waals surface area contributed by atoms with Crippen LogP contribution < -0.4 is 10.0 Å². The third-order valence-corrected chi connectivity index (χ3v) is 6.10. The second-order valence-electron chi connectivity index (χ2n) is 5.93. The van der Waals surface area contributed by atoms with E-state index >= 15 is 0 Å². The molecule has 0 unspecified atom stereocenters. The number of anilines is 1. The Bertz CT molecular complexity index is 921. The molecule has 10 heteroatoms. The van der Waals surface area contributed by atoms with Crippen LogP contribution in [0, 0.1) is 0 Å². The molecule has 0 aliphatic rings. The van der Waals surface area contributed by atoms with Gasteiger partial charge < -0.3 is 10.1 Å². The molecule has 0 aliphatic carbocycles. The number of amides is 1. The molecule has 0 saturated carbocycles. The van der Waals surface area contributed by atoms with E-state index in [-0.39, 0.29) is 11.3 Å². The molecular formula is C19H21ClN2O5S2. The van der Waals surface area contributed by atoms with Gasteiger partial charge >= 0.3 is 5.97 Å². The van der Waals surface area contributed by atoms with Gasteiger partial charge in [-0.25, -0.2) is 8.42 Å². The first kappa shape index (κ1) is 23.2. The number of rotatable bonds is 10. The van der Waals surface area contributed by atoms with Gasteiger partial charge in [0, 0.05) is 10.7 Å². The summed E-state index contributed by atoms with van der Waals surface area (Å²) >= 11 is 7.24. The fraction of sp³-hybridized carbons (Fsp3) is 0.263. The maximum Gasteiger partial charge on any atom is 0.324 e. The van der Waals surface area contributed by atoms with Crippen molar-refractivity contribution in [1.29, 1.82) is 0 Å². The molecule has 2 aromatic rings. The van der Waals surface area contributed by atoms with Crippen molar-refractivity contribution in [2.45, 2.75) is 17.4 Å². The zero-order valence-corrected chi connectivity index (χ0v) is 18.0. The zero-order valence-electron chi connectivity index (χ0n) is 15.6. The first-order valence-electron chi connectivity index (χ1n) is 8.60. The van der Waals surface area contributed by atoms with Crippen molar-refractivity contribution in [3.8, 4) is 0 Å². The number of halogens is 1. The minimum Gasteiger partial charge on any atom is -0.454 e. The third kappa shape index (κ3) is 7.69. The summed E-state index contributed by atoms with van der Waals surface area (Å²) in [7, 11) is -3.96. The maximum absolute atomic E-state index is 12.6. The molecule has 1 amide bonds. The summed E-state index contributed by atoms with van der Waals surface area (Å²) in [6, 6.07) is 13.2. The molecule has 0 heterocycles. The van der Waals surface area contributed by atoms with E-state index in [4.69, 9.17) is 16.3 Å². The number of ether oxygens (including phenoxy) is 1. The molecule has 2 N–H and O–H groups in total. The monoisotopic (exact) mass is 456 g/mol. The zero-order chi connectivity index (χ0) is 21.3. The number of hydrogen-bond donors (Lipinski definition) is 2. The van der Waals surface area contributed by atoms with Crippen molar-refractivity contribution in [3.05, 3.63) is 59.6 Å². The smallest absolute Gasteiger partial charge is 0.324 e. The van der Waals surface area contributed by atoms with Gasteiger partial charge in [0.1, 0.15) is 6.04 Å². The average molecular weight is 457 g/mol. The van der Waals surface area contributed by atoms with Crippen LogP contribution in [0.2, 0.25) is 5.02 Å². The van der Waals surface area contributed by atoms with Gasteiger partial charge in [0.05, 0.1) is 4.90 Å². The highest BCUT2D eigenvalue weighted by Crippen LogP contribution is 2.15. The maximum atomic E-state index is 12.6. The fourth-order valence-corrected chi connectivity index (χ4v) is 4.10. The standard InChI is InChI=1S/C19H21ClN2O5S2/c1-28-12-11-17(22-29(25,26)16-9-7-14(20)8-10-16)19(24)27-13-18(23)21-15-5-3-2-4-6-15/h2-10,17,22H,11-13H2,1H3,(H,21,23)/t17-/m1/s1. The van der Waals surface area contributed by atoms with E-state index in [0.29, 0.717) is 16.5 Å². The fourth-order valence-electron chi connectivity index (χ4n) is 2.29. The molecule has 0 aromatic heterocycles. The van der Waals surface area contributed by atoms with E-state index < -0.39 is 34.5 Å². The summed E-state index contributed by atoms with van der Waals surface area (Å²) in [6.45, 7) is -0.522. The Hall–Kier alpha value is -2.07. The van der Waals surface area contributed by atoms with Gasteiger partial charge in [0.25, 0.3) is 5.91 Å². The van der Waals surface area contributed by atoms with Crippen LogP contribution in [0.15, 0.2) is 59.5 Å². The first-order valence-corrected chi connectivity index (χ1v) is 11.9. The Balaban J connectivity index is 1.99. The number of esters is 1. The summed E-state index contributed by atoms with van der Waals surface area (Å²) in [5.41, 5.74) is 0.566. The Kier molecular flexibility index (Phi) is 8.97. The Morgan fingerprint density at radius 1 is 1.10 bits per heavy atom. The number of thioether (sulfide) groups is 1. The quantitative estimate of drug-likeness (QED) is 0.533. The molecule has 1 atom stereocenters. The van der Waals surface area contributed by atoms with Crippen LogP contribution in [-0.4, -0.2) is 45.0 Å².